The van der Waals surface area contributed by atoms with Crippen molar-refractivity contribution < 1.29 is 49.0 Å². The highest BCUT2D eigenvalue weighted by Gasteiger charge is 2.45. The number of amides is 2. The van der Waals surface area contributed by atoms with Crippen molar-refractivity contribution >= 4 is 11.8 Å². The van der Waals surface area contributed by atoms with E-state index in [1.807, 2.05) is 31.2 Å². The lowest BCUT2D eigenvalue weighted by Gasteiger charge is -2.41. The van der Waals surface area contributed by atoms with Gasteiger partial charge in [0.2, 0.25) is 11.8 Å². The number of carbonyl (C=O) groups is 2. The first-order valence-corrected chi connectivity index (χ1v) is 19.9. The summed E-state index contributed by atoms with van der Waals surface area (Å²) in [5.74, 6) is -1.35. The molecule has 0 aliphatic carbocycles. The molecule has 0 saturated carbocycles. The van der Waals surface area contributed by atoms with Crippen LogP contribution in [0.4, 0.5) is 4.39 Å². The summed E-state index contributed by atoms with van der Waals surface area (Å²) < 4.78 is 25.7. The van der Waals surface area contributed by atoms with Gasteiger partial charge in [0, 0.05) is 6.54 Å². The van der Waals surface area contributed by atoms with E-state index in [-0.39, 0.29) is 31.7 Å². The highest BCUT2D eigenvalue weighted by Crippen LogP contribution is 2.23. The standard InChI is InChI=1S/C42H65FN2O9/c1-4-5-6-7-8-9-10-11-12-13-14-15-20-34(46)38(49)33(45-37(48)24-30-22-21-29(3)32(43)23-30)27-53-42-41(52)40(51)39(50)35(54-42)26-44-36(47)25-31-19-17-16-18-28(31)2/h16-19,21-23,33-35,38-42,46,49-52H,4-15,20,24-27H2,1-3H3,(H,44,47)(H,45,48)/t33-,34+,35?,38-,39-,40-,41?,42-/m0/s1. The third-order valence-corrected chi connectivity index (χ3v) is 10.3. The minimum Gasteiger partial charge on any atom is -0.390 e. The molecule has 8 atom stereocenters. The molecular weight excluding hydrogens is 695 g/mol. The van der Waals surface area contributed by atoms with Crippen molar-refractivity contribution in [3.8, 4) is 0 Å². The molecule has 0 aromatic heterocycles. The molecular formula is C42H65FN2O9. The molecule has 3 rings (SSSR count). The average molecular weight is 761 g/mol. The van der Waals surface area contributed by atoms with E-state index in [1.165, 1.54) is 57.4 Å². The second-order valence-electron chi connectivity index (χ2n) is 14.9. The Morgan fingerprint density at radius 1 is 0.796 bits per heavy atom. The third-order valence-electron chi connectivity index (χ3n) is 10.3. The maximum absolute atomic E-state index is 14.2. The van der Waals surface area contributed by atoms with Crippen LogP contribution in [0, 0.1) is 19.7 Å². The molecule has 1 saturated heterocycles. The number of aliphatic hydroxyl groups is 5. The van der Waals surface area contributed by atoms with Crippen LogP contribution in [0.1, 0.15) is 113 Å². The number of ether oxygens (including phenoxy) is 2. The Balaban J connectivity index is 1.55. The first kappa shape index (κ1) is 45.4. The lowest BCUT2D eigenvalue weighted by molar-refractivity contribution is -0.297. The maximum Gasteiger partial charge on any atom is 0.224 e. The third kappa shape index (κ3) is 15.6. The molecule has 2 aromatic carbocycles. The molecule has 1 heterocycles. The number of hydrogen-bond acceptors (Lipinski definition) is 9. The largest absolute Gasteiger partial charge is 0.390 e. The molecule has 2 unspecified atom stereocenters. The molecule has 2 amide bonds. The average Bonchev–Trinajstić information content (AvgIpc) is 3.15. The van der Waals surface area contributed by atoms with Gasteiger partial charge in [-0.3, -0.25) is 9.59 Å². The summed E-state index contributed by atoms with van der Waals surface area (Å²) in [7, 11) is 0. The summed E-state index contributed by atoms with van der Waals surface area (Å²) >= 11 is 0. The van der Waals surface area contributed by atoms with Gasteiger partial charge in [-0.25, -0.2) is 4.39 Å². The van der Waals surface area contributed by atoms with Gasteiger partial charge in [0.25, 0.3) is 0 Å². The number of unbranched alkanes of at least 4 members (excludes halogenated alkanes) is 11. The molecule has 0 spiro atoms. The lowest BCUT2D eigenvalue weighted by Crippen LogP contribution is -2.61. The van der Waals surface area contributed by atoms with Crippen LogP contribution >= 0.6 is 0 Å². The van der Waals surface area contributed by atoms with Crippen LogP contribution in [-0.4, -0.2) is 99.5 Å². The maximum atomic E-state index is 14.2. The summed E-state index contributed by atoms with van der Waals surface area (Å²) in [5.41, 5.74) is 2.63. The summed E-state index contributed by atoms with van der Waals surface area (Å²) in [5, 5.41) is 59.5. The Morgan fingerprint density at radius 3 is 2.06 bits per heavy atom. The van der Waals surface area contributed by atoms with Crippen LogP contribution in [0.15, 0.2) is 42.5 Å². The first-order chi connectivity index (χ1) is 25.9. The van der Waals surface area contributed by atoms with Crippen molar-refractivity contribution in [1.29, 1.82) is 0 Å². The lowest BCUT2D eigenvalue weighted by atomic mass is 9.98. The highest BCUT2D eigenvalue weighted by molar-refractivity contribution is 5.79. The molecule has 0 radical (unpaired) electrons. The Bertz CT molecular complexity index is 1400. The van der Waals surface area contributed by atoms with Crippen molar-refractivity contribution in [2.75, 3.05) is 13.2 Å². The number of benzene rings is 2. The monoisotopic (exact) mass is 760 g/mol. The van der Waals surface area contributed by atoms with E-state index in [9.17, 15) is 39.5 Å². The zero-order chi connectivity index (χ0) is 39.5. The fourth-order valence-corrected chi connectivity index (χ4v) is 6.73. The van der Waals surface area contributed by atoms with Gasteiger partial charge in [-0.2, -0.15) is 0 Å². The molecule has 1 fully saturated rings. The molecule has 11 nitrogen and oxygen atoms in total. The van der Waals surface area contributed by atoms with Gasteiger partial charge in [-0.15, -0.1) is 0 Å². The van der Waals surface area contributed by atoms with Crippen LogP contribution in [0.5, 0.6) is 0 Å². The van der Waals surface area contributed by atoms with Crippen molar-refractivity contribution in [1.82, 2.24) is 10.6 Å². The Kier molecular flexibility index (Phi) is 20.6. The van der Waals surface area contributed by atoms with Gasteiger partial charge >= 0.3 is 0 Å². The van der Waals surface area contributed by atoms with E-state index in [0.29, 0.717) is 17.5 Å². The SMILES string of the molecule is CCCCCCCCCCCCCC[C@@H](O)[C@@H](O)[C@H](CO[C@H]1OC(CNC(=O)Cc2ccccc2C)[C@H](O)[C@H](O)C1O)NC(=O)Cc1ccc(C)c(F)c1. The van der Waals surface area contributed by atoms with Crippen LogP contribution in [-0.2, 0) is 31.9 Å². The number of rotatable bonds is 25. The quantitative estimate of drug-likeness (QED) is 0.0720. The molecule has 1 aliphatic rings. The molecule has 0 bridgehead atoms. The van der Waals surface area contributed by atoms with Crippen molar-refractivity contribution in [2.24, 2.45) is 0 Å². The van der Waals surface area contributed by atoms with Crippen molar-refractivity contribution in [2.45, 2.75) is 166 Å². The minimum atomic E-state index is -1.70. The number of hydrogen-bond donors (Lipinski definition) is 7. The van der Waals surface area contributed by atoms with E-state index in [1.54, 1.807) is 19.1 Å². The van der Waals surface area contributed by atoms with Crippen molar-refractivity contribution in [3.05, 3.63) is 70.5 Å². The Hall–Kier alpha value is -2.97. The molecule has 54 heavy (non-hydrogen) atoms. The first-order valence-electron chi connectivity index (χ1n) is 19.9. The molecule has 1 aliphatic heterocycles. The predicted octanol–water partition coefficient (Wildman–Crippen LogP) is 4.47. The van der Waals surface area contributed by atoms with Gasteiger partial charge < -0.3 is 45.6 Å². The van der Waals surface area contributed by atoms with E-state index < -0.39 is 67.3 Å². The van der Waals surface area contributed by atoms with E-state index >= 15 is 0 Å². The van der Waals surface area contributed by atoms with Crippen LogP contribution < -0.4 is 10.6 Å². The van der Waals surface area contributed by atoms with Crippen LogP contribution in [0.3, 0.4) is 0 Å². The van der Waals surface area contributed by atoms with Gasteiger partial charge in [-0.1, -0.05) is 120 Å². The summed E-state index contributed by atoms with van der Waals surface area (Å²) in [6.45, 7) is 5.09. The fraction of sp³-hybridized carbons (Fsp3) is 0.667. The molecule has 304 valence electrons. The second kappa shape index (κ2) is 24.5. The summed E-state index contributed by atoms with van der Waals surface area (Å²) in [6, 6.07) is 10.7. The van der Waals surface area contributed by atoms with Crippen LogP contribution in [0.2, 0.25) is 0 Å². The number of nitrogens with one attached hydrogen (secondary N) is 2. The number of carbonyl (C=O) groups excluding carboxylic acids is 2. The van der Waals surface area contributed by atoms with Gasteiger partial charge in [0.05, 0.1) is 31.6 Å². The zero-order valence-electron chi connectivity index (χ0n) is 32.4. The zero-order valence-corrected chi connectivity index (χ0v) is 32.4. The van der Waals surface area contributed by atoms with Gasteiger partial charge in [0.1, 0.15) is 36.3 Å². The smallest absolute Gasteiger partial charge is 0.224 e. The summed E-state index contributed by atoms with van der Waals surface area (Å²) in [4.78, 5) is 25.8. The Labute approximate surface area is 320 Å². The van der Waals surface area contributed by atoms with E-state index in [2.05, 4.69) is 17.6 Å². The predicted molar refractivity (Wildman–Crippen MR) is 205 cm³/mol. The summed E-state index contributed by atoms with van der Waals surface area (Å²) in [6.07, 6.45) is 3.72. The number of aryl methyl sites for hydroxylation is 2. The highest BCUT2D eigenvalue weighted by atomic mass is 19.1. The Morgan fingerprint density at radius 2 is 1.43 bits per heavy atom. The van der Waals surface area contributed by atoms with Gasteiger partial charge in [-0.05, 0) is 48.6 Å². The number of halogens is 1. The topological polar surface area (TPSA) is 178 Å². The van der Waals surface area contributed by atoms with E-state index in [0.717, 1.165) is 30.4 Å². The van der Waals surface area contributed by atoms with Crippen LogP contribution in [0.25, 0.3) is 0 Å². The second-order valence-corrected chi connectivity index (χ2v) is 14.9. The molecule has 2 aromatic rings. The van der Waals surface area contributed by atoms with Gasteiger partial charge in [0.15, 0.2) is 6.29 Å². The molecule has 12 heteroatoms. The fourth-order valence-electron chi connectivity index (χ4n) is 6.73. The minimum absolute atomic E-state index is 0.0939. The van der Waals surface area contributed by atoms with E-state index in [4.69, 9.17) is 9.47 Å². The number of aliphatic hydroxyl groups excluding tert-OH is 5. The normalized spacial score (nSPS) is 21.7. The molecule has 7 N–H and O–H groups in total. The van der Waals surface area contributed by atoms with Crippen molar-refractivity contribution in [3.63, 3.8) is 0 Å².